The fraction of sp³-hybridized carbons (Fsp3) is 0.500. The number of hydrogen-bond donors (Lipinski definition) is 5. The predicted molar refractivity (Wildman–Crippen MR) is 66.3 cm³/mol. The Morgan fingerprint density at radius 2 is 2.05 bits per heavy atom. The molecule has 11 nitrogen and oxygen atoms in total. The van der Waals surface area contributed by atoms with Gasteiger partial charge in [-0.1, -0.05) is 0 Å². The summed E-state index contributed by atoms with van der Waals surface area (Å²) in [7, 11) is 0. The molecule has 0 aliphatic carbocycles. The number of hydrogen-bond acceptors (Lipinski definition) is 9. The van der Waals surface area contributed by atoms with Gasteiger partial charge >= 0.3 is 5.76 Å². The van der Waals surface area contributed by atoms with Crippen molar-refractivity contribution in [2.45, 2.75) is 24.5 Å². The van der Waals surface area contributed by atoms with Crippen LogP contribution >= 0.6 is 0 Å². The molecule has 2 aromatic rings. The SMILES string of the molecule is Nc1nc2c(oc(=O)n2[C@@H]2O[C@H](CO)[C@@H](O)[C@H]2O)c(=O)[nH]1. The van der Waals surface area contributed by atoms with Gasteiger partial charge in [-0.25, -0.2) is 9.36 Å². The molecule has 21 heavy (non-hydrogen) atoms. The van der Waals surface area contributed by atoms with E-state index in [1.165, 1.54) is 0 Å². The first kappa shape index (κ1) is 13.8. The Morgan fingerprint density at radius 1 is 1.33 bits per heavy atom. The van der Waals surface area contributed by atoms with Crippen molar-refractivity contribution in [3.8, 4) is 0 Å². The third-order valence-corrected chi connectivity index (χ3v) is 3.26. The lowest BCUT2D eigenvalue weighted by Gasteiger charge is -2.14. The van der Waals surface area contributed by atoms with Gasteiger partial charge in [-0.2, -0.15) is 4.98 Å². The Labute approximate surface area is 115 Å². The van der Waals surface area contributed by atoms with E-state index in [9.17, 15) is 19.8 Å². The molecule has 0 spiro atoms. The number of nitrogen functional groups attached to an aromatic ring is 1. The van der Waals surface area contributed by atoms with E-state index in [-0.39, 0.29) is 17.2 Å². The third kappa shape index (κ3) is 1.94. The molecule has 3 heterocycles. The number of nitrogens with one attached hydrogen (secondary N) is 1. The highest BCUT2D eigenvalue weighted by atomic mass is 16.6. The molecular formula is C10H12N4O7. The minimum absolute atomic E-state index is 0.226. The van der Waals surface area contributed by atoms with Crippen molar-refractivity contribution < 1.29 is 24.5 Å². The zero-order valence-corrected chi connectivity index (χ0v) is 10.5. The normalized spacial score (nSPS) is 29.3. The number of ether oxygens (including phenoxy) is 1. The monoisotopic (exact) mass is 300 g/mol. The standard InChI is InChI=1S/C10H12N4O7/c11-9-12-6-5(7(18)13-9)21-10(19)14(6)8-4(17)3(16)2(1-15)20-8/h2-4,8,15-17H,1H2,(H3,11,12,13,18)/t2-,3-,4-,8-/m1/s1. The lowest BCUT2D eigenvalue weighted by atomic mass is 10.1. The molecule has 1 saturated heterocycles. The van der Waals surface area contributed by atoms with Crippen LogP contribution in [0.1, 0.15) is 6.23 Å². The number of fused-ring (bicyclic) bond motifs is 1. The van der Waals surface area contributed by atoms with E-state index in [1.807, 2.05) is 0 Å². The Bertz CT molecular complexity index is 793. The molecule has 1 aliphatic heterocycles. The minimum atomic E-state index is -1.51. The summed E-state index contributed by atoms with van der Waals surface area (Å²) < 4.78 is 10.7. The van der Waals surface area contributed by atoms with E-state index in [4.69, 9.17) is 20.0 Å². The van der Waals surface area contributed by atoms with Gasteiger partial charge in [0.05, 0.1) is 6.61 Å². The van der Waals surface area contributed by atoms with Crippen LogP contribution in [0.5, 0.6) is 0 Å². The number of aromatic nitrogens is 3. The first-order chi connectivity index (χ1) is 9.93. The fourth-order valence-corrected chi connectivity index (χ4v) is 2.26. The summed E-state index contributed by atoms with van der Waals surface area (Å²) in [5.41, 5.74) is 4.03. The summed E-state index contributed by atoms with van der Waals surface area (Å²) in [6.45, 7) is -0.560. The van der Waals surface area contributed by atoms with Gasteiger partial charge in [0, 0.05) is 0 Å². The van der Waals surface area contributed by atoms with Crippen LogP contribution in [0.3, 0.4) is 0 Å². The van der Waals surface area contributed by atoms with Crippen molar-refractivity contribution in [1.82, 2.24) is 14.5 Å². The van der Waals surface area contributed by atoms with Crippen molar-refractivity contribution in [2.75, 3.05) is 12.3 Å². The van der Waals surface area contributed by atoms with Crippen LogP contribution in [-0.2, 0) is 4.74 Å². The van der Waals surface area contributed by atoms with Gasteiger partial charge in [-0.3, -0.25) is 9.78 Å². The van der Waals surface area contributed by atoms with Crippen LogP contribution in [0, 0.1) is 0 Å². The molecule has 1 aliphatic rings. The molecule has 6 N–H and O–H groups in total. The first-order valence-electron chi connectivity index (χ1n) is 5.97. The van der Waals surface area contributed by atoms with Crippen LogP contribution in [0.2, 0.25) is 0 Å². The maximum Gasteiger partial charge on any atom is 0.423 e. The Balaban J connectivity index is 2.20. The van der Waals surface area contributed by atoms with E-state index < -0.39 is 42.5 Å². The maximum absolute atomic E-state index is 11.9. The quantitative estimate of drug-likeness (QED) is 0.383. The highest BCUT2D eigenvalue weighted by Gasteiger charge is 2.45. The van der Waals surface area contributed by atoms with Gasteiger partial charge in [0.2, 0.25) is 11.5 Å². The zero-order valence-electron chi connectivity index (χ0n) is 10.5. The maximum atomic E-state index is 11.9. The van der Waals surface area contributed by atoms with E-state index in [1.54, 1.807) is 0 Å². The van der Waals surface area contributed by atoms with Crippen molar-refractivity contribution in [3.05, 3.63) is 20.9 Å². The number of H-pyrrole nitrogens is 1. The predicted octanol–water partition coefficient (Wildman–Crippen LogP) is -3.13. The van der Waals surface area contributed by atoms with E-state index >= 15 is 0 Å². The van der Waals surface area contributed by atoms with Crippen molar-refractivity contribution in [3.63, 3.8) is 0 Å². The number of nitrogens with two attached hydrogens (primary N) is 1. The molecule has 11 heteroatoms. The number of rotatable bonds is 2. The second kappa shape index (κ2) is 4.66. The van der Waals surface area contributed by atoms with Gasteiger partial charge in [0.1, 0.15) is 18.3 Å². The van der Waals surface area contributed by atoms with Gasteiger partial charge in [0.15, 0.2) is 11.9 Å². The van der Waals surface area contributed by atoms with Crippen molar-refractivity contribution in [2.24, 2.45) is 0 Å². The zero-order chi connectivity index (χ0) is 15.3. The van der Waals surface area contributed by atoms with Crippen LogP contribution in [0.4, 0.5) is 5.95 Å². The highest BCUT2D eigenvalue weighted by Crippen LogP contribution is 2.29. The Kier molecular flexibility index (Phi) is 3.06. The Hall–Kier alpha value is -2.21. The summed E-state index contributed by atoms with van der Waals surface area (Å²) in [4.78, 5) is 29.4. The average molecular weight is 300 g/mol. The summed E-state index contributed by atoms with van der Waals surface area (Å²) in [5, 5.41) is 28.7. The van der Waals surface area contributed by atoms with Gasteiger partial charge in [-0.15, -0.1) is 0 Å². The number of oxazole rings is 1. The molecule has 114 valence electrons. The molecular weight excluding hydrogens is 288 g/mol. The third-order valence-electron chi connectivity index (χ3n) is 3.26. The first-order valence-corrected chi connectivity index (χ1v) is 5.97. The van der Waals surface area contributed by atoms with Crippen LogP contribution in [0.15, 0.2) is 14.0 Å². The Morgan fingerprint density at radius 3 is 2.67 bits per heavy atom. The second-order valence-corrected chi connectivity index (χ2v) is 4.57. The minimum Gasteiger partial charge on any atom is -0.400 e. The number of anilines is 1. The second-order valence-electron chi connectivity index (χ2n) is 4.57. The smallest absolute Gasteiger partial charge is 0.400 e. The number of aromatic amines is 1. The van der Waals surface area contributed by atoms with Crippen LogP contribution in [0.25, 0.3) is 11.2 Å². The number of nitrogens with zero attached hydrogens (tertiary/aromatic N) is 2. The lowest BCUT2D eigenvalue weighted by molar-refractivity contribution is -0.0538. The van der Waals surface area contributed by atoms with Crippen molar-refractivity contribution >= 4 is 17.2 Å². The van der Waals surface area contributed by atoms with Crippen LogP contribution < -0.4 is 17.0 Å². The molecule has 0 aromatic carbocycles. The van der Waals surface area contributed by atoms with Crippen molar-refractivity contribution in [1.29, 1.82) is 0 Å². The van der Waals surface area contributed by atoms with E-state index in [0.29, 0.717) is 0 Å². The van der Waals surface area contributed by atoms with Gasteiger partial charge < -0.3 is 30.2 Å². The van der Waals surface area contributed by atoms with Gasteiger partial charge in [-0.05, 0) is 0 Å². The summed E-state index contributed by atoms with van der Waals surface area (Å²) in [6, 6.07) is 0. The molecule has 0 unspecified atom stereocenters. The molecule has 0 radical (unpaired) electrons. The lowest BCUT2D eigenvalue weighted by Crippen LogP contribution is -2.34. The summed E-state index contributed by atoms with van der Waals surface area (Å²) in [6.07, 6.45) is -5.36. The molecule has 4 atom stereocenters. The summed E-state index contributed by atoms with van der Waals surface area (Å²) in [5.74, 6) is -1.27. The van der Waals surface area contributed by atoms with Gasteiger partial charge in [0.25, 0.3) is 5.56 Å². The average Bonchev–Trinajstić information content (AvgIpc) is 2.89. The largest absolute Gasteiger partial charge is 0.423 e. The molecule has 0 saturated carbocycles. The van der Waals surface area contributed by atoms with E-state index in [0.717, 1.165) is 4.57 Å². The molecule has 1 fully saturated rings. The summed E-state index contributed by atoms with van der Waals surface area (Å²) >= 11 is 0. The molecule has 3 rings (SSSR count). The van der Waals surface area contributed by atoms with E-state index in [2.05, 4.69) is 9.97 Å². The molecule has 0 amide bonds. The molecule has 2 aromatic heterocycles. The molecule has 0 bridgehead atoms. The highest BCUT2D eigenvalue weighted by molar-refractivity contribution is 5.68. The fourth-order valence-electron chi connectivity index (χ4n) is 2.26. The topological polar surface area (TPSA) is 177 Å². The number of aliphatic hydroxyl groups excluding tert-OH is 3. The van der Waals surface area contributed by atoms with Crippen LogP contribution in [-0.4, -0.2) is 54.8 Å². The number of aliphatic hydroxyl groups is 3.